The summed E-state index contributed by atoms with van der Waals surface area (Å²) in [5.74, 6) is 3.06. The van der Waals surface area contributed by atoms with Crippen LogP contribution in [0.25, 0.3) is 11.0 Å². The molecule has 1 saturated carbocycles. The van der Waals surface area contributed by atoms with E-state index in [1.165, 1.54) is 31.2 Å². The average Bonchev–Trinajstić information content (AvgIpc) is 2.77. The molecule has 0 spiro atoms. The molecule has 3 nitrogen and oxygen atoms in total. The molecular weight excluding hydrogens is 258 g/mol. The van der Waals surface area contributed by atoms with E-state index in [0.717, 1.165) is 29.7 Å². The van der Waals surface area contributed by atoms with E-state index in [2.05, 4.69) is 21.5 Å². The molecule has 19 heavy (non-hydrogen) atoms. The van der Waals surface area contributed by atoms with Crippen molar-refractivity contribution in [1.82, 2.24) is 14.5 Å². The first-order chi connectivity index (χ1) is 9.28. The minimum atomic E-state index is 0.469. The van der Waals surface area contributed by atoms with E-state index in [4.69, 9.17) is 11.6 Å². The molecule has 102 valence electrons. The number of hydrogen-bond donors (Lipinski definition) is 0. The number of imidazole rings is 1. The summed E-state index contributed by atoms with van der Waals surface area (Å²) in [4.78, 5) is 8.73. The van der Waals surface area contributed by atoms with E-state index in [9.17, 15) is 0 Å². The van der Waals surface area contributed by atoms with Crippen LogP contribution in [0.3, 0.4) is 0 Å². The van der Waals surface area contributed by atoms with Gasteiger partial charge in [0.25, 0.3) is 0 Å². The van der Waals surface area contributed by atoms with Crippen molar-refractivity contribution in [1.29, 1.82) is 0 Å². The Bertz CT molecular complexity index is 564. The Kier molecular flexibility index (Phi) is 3.74. The predicted octanol–water partition coefficient (Wildman–Crippen LogP) is 4.00. The molecule has 0 aliphatic heterocycles. The van der Waals surface area contributed by atoms with Gasteiger partial charge in [-0.15, -0.1) is 11.6 Å². The molecule has 2 unspecified atom stereocenters. The summed E-state index contributed by atoms with van der Waals surface area (Å²) in [5, 5.41) is 0. The number of pyridine rings is 1. The molecule has 0 amide bonds. The fourth-order valence-corrected chi connectivity index (χ4v) is 3.53. The molecule has 0 bridgehead atoms. The normalized spacial score (nSPS) is 23.9. The van der Waals surface area contributed by atoms with Crippen molar-refractivity contribution in [3.05, 3.63) is 24.3 Å². The van der Waals surface area contributed by atoms with Crippen molar-refractivity contribution in [2.75, 3.05) is 0 Å². The Hall–Kier alpha value is -1.09. The number of hydrogen-bond acceptors (Lipinski definition) is 2. The summed E-state index contributed by atoms with van der Waals surface area (Å²) >= 11 is 6.05. The third kappa shape index (κ3) is 2.62. The molecule has 0 N–H and O–H groups in total. The van der Waals surface area contributed by atoms with Gasteiger partial charge in [-0.25, -0.2) is 4.98 Å². The topological polar surface area (TPSA) is 30.7 Å². The molecular formula is C15H20ClN3. The van der Waals surface area contributed by atoms with Gasteiger partial charge >= 0.3 is 0 Å². The largest absolute Gasteiger partial charge is 0.327 e. The summed E-state index contributed by atoms with van der Waals surface area (Å²) in [5.41, 5.74) is 2.13. The van der Waals surface area contributed by atoms with Gasteiger partial charge < -0.3 is 4.57 Å². The molecule has 2 aromatic rings. The van der Waals surface area contributed by atoms with Crippen molar-refractivity contribution in [2.45, 2.75) is 45.0 Å². The smallest absolute Gasteiger partial charge is 0.124 e. The van der Waals surface area contributed by atoms with Crippen molar-refractivity contribution >= 4 is 22.6 Å². The van der Waals surface area contributed by atoms with Gasteiger partial charge in [-0.2, -0.15) is 0 Å². The van der Waals surface area contributed by atoms with Crippen LogP contribution in [0.15, 0.2) is 18.5 Å². The Morgan fingerprint density at radius 1 is 1.42 bits per heavy atom. The molecule has 1 aliphatic rings. The number of alkyl halides is 1. The Balaban J connectivity index is 1.90. The summed E-state index contributed by atoms with van der Waals surface area (Å²) in [6, 6.07) is 2.05. The number of halogens is 1. The standard InChI is InChI=1S/C15H20ClN3/c1-11-3-2-4-12(7-11)10-19-14-5-6-17-9-13(14)18-15(19)8-16/h5-6,9,11-12H,2-4,7-8,10H2,1H3. The highest BCUT2D eigenvalue weighted by Crippen LogP contribution is 2.31. The highest BCUT2D eigenvalue weighted by atomic mass is 35.5. The monoisotopic (exact) mass is 277 g/mol. The molecule has 2 heterocycles. The third-order valence-electron chi connectivity index (χ3n) is 4.23. The van der Waals surface area contributed by atoms with Crippen molar-refractivity contribution in [2.24, 2.45) is 11.8 Å². The van der Waals surface area contributed by atoms with Gasteiger partial charge in [0.1, 0.15) is 11.3 Å². The first kappa shape index (κ1) is 12.9. The van der Waals surface area contributed by atoms with Crippen LogP contribution in [0.1, 0.15) is 38.4 Å². The SMILES string of the molecule is CC1CCCC(Cn2c(CCl)nc3cnccc32)C1. The number of fused-ring (bicyclic) bond motifs is 1. The van der Waals surface area contributed by atoms with Crippen molar-refractivity contribution in [3.8, 4) is 0 Å². The average molecular weight is 278 g/mol. The Labute approximate surface area is 119 Å². The van der Waals surface area contributed by atoms with Crippen LogP contribution in [-0.2, 0) is 12.4 Å². The molecule has 2 atom stereocenters. The molecule has 0 radical (unpaired) electrons. The highest BCUT2D eigenvalue weighted by Gasteiger charge is 2.21. The van der Waals surface area contributed by atoms with E-state index in [0.29, 0.717) is 5.88 Å². The van der Waals surface area contributed by atoms with Crippen LogP contribution < -0.4 is 0 Å². The first-order valence-corrected chi connectivity index (χ1v) is 7.66. The lowest BCUT2D eigenvalue weighted by Crippen LogP contribution is -2.19. The minimum absolute atomic E-state index is 0.469. The quantitative estimate of drug-likeness (QED) is 0.794. The zero-order chi connectivity index (χ0) is 13.2. The maximum atomic E-state index is 6.05. The predicted molar refractivity (Wildman–Crippen MR) is 78.2 cm³/mol. The number of aromatic nitrogens is 3. The summed E-state index contributed by atoms with van der Waals surface area (Å²) < 4.78 is 2.30. The maximum absolute atomic E-state index is 6.05. The highest BCUT2D eigenvalue weighted by molar-refractivity contribution is 6.16. The molecule has 4 heteroatoms. The molecule has 1 aliphatic carbocycles. The molecule has 0 aromatic carbocycles. The van der Waals surface area contributed by atoms with Crippen LogP contribution in [0.5, 0.6) is 0 Å². The van der Waals surface area contributed by atoms with Gasteiger partial charge in [0.05, 0.1) is 17.6 Å². The zero-order valence-corrected chi connectivity index (χ0v) is 12.1. The molecule has 2 aromatic heterocycles. The zero-order valence-electron chi connectivity index (χ0n) is 11.3. The van der Waals surface area contributed by atoms with E-state index < -0.39 is 0 Å². The van der Waals surface area contributed by atoms with E-state index in [1.807, 2.05) is 18.5 Å². The first-order valence-electron chi connectivity index (χ1n) is 7.13. The number of rotatable bonds is 3. The number of nitrogens with zero attached hydrogens (tertiary/aromatic N) is 3. The fourth-order valence-electron chi connectivity index (χ4n) is 3.32. The summed E-state index contributed by atoms with van der Waals surface area (Å²) in [7, 11) is 0. The van der Waals surface area contributed by atoms with E-state index in [1.54, 1.807) is 0 Å². The van der Waals surface area contributed by atoms with Crippen LogP contribution in [0.4, 0.5) is 0 Å². The second kappa shape index (κ2) is 5.49. The second-order valence-electron chi connectivity index (χ2n) is 5.77. The molecule has 1 fully saturated rings. The van der Waals surface area contributed by atoms with Gasteiger partial charge in [0.15, 0.2) is 0 Å². The lowest BCUT2D eigenvalue weighted by molar-refractivity contribution is 0.257. The summed E-state index contributed by atoms with van der Waals surface area (Å²) in [6.45, 7) is 3.41. The van der Waals surface area contributed by atoms with Crippen LogP contribution in [0, 0.1) is 11.8 Å². The van der Waals surface area contributed by atoms with Gasteiger partial charge in [0.2, 0.25) is 0 Å². The Morgan fingerprint density at radius 2 is 2.32 bits per heavy atom. The van der Waals surface area contributed by atoms with Crippen molar-refractivity contribution < 1.29 is 0 Å². The summed E-state index contributed by atoms with van der Waals surface area (Å²) in [6.07, 6.45) is 9.06. The Morgan fingerprint density at radius 3 is 3.11 bits per heavy atom. The molecule has 0 saturated heterocycles. The van der Waals surface area contributed by atoms with Crippen molar-refractivity contribution in [3.63, 3.8) is 0 Å². The van der Waals surface area contributed by atoms with Crippen LogP contribution >= 0.6 is 11.6 Å². The van der Waals surface area contributed by atoms with Gasteiger partial charge in [-0.05, 0) is 30.7 Å². The minimum Gasteiger partial charge on any atom is -0.327 e. The fraction of sp³-hybridized carbons (Fsp3) is 0.600. The van der Waals surface area contributed by atoms with Gasteiger partial charge in [-0.3, -0.25) is 4.98 Å². The van der Waals surface area contributed by atoms with Crippen LogP contribution in [-0.4, -0.2) is 14.5 Å². The van der Waals surface area contributed by atoms with Gasteiger partial charge in [-0.1, -0.05) is 19.8 Å². The second-order valence-corrected chi connectivity index (χ2v) is 6.04. The lowest BCUT2D eigenvalue weighted by Gasteiger charge is -2.27. The van der Waals surface area contributed by atoms with E-state index >= 15 is 0 Å². The van der Waals surface area contributed by atoms with Crippen LogP contribution in [0.2, 0.25) is 0 Å². The van der Waals surface area contributed by atoms with Gasteiger partial charge in [0, 0.05) is 12.7 Å². The molecule has 3 rings (SSSR count). The van der Waals surface area contributed by atoms with E-state index in [-0.39, 0.29) is 0 Å². The lowest BCUT2D eigenvalue weighted by atomic mass is 9.82. The maximum Gasteiger partial charge on any atom is 0.124 e. The third-order valence-corrected chi connectivity index (χ3v) is 4.47.